The zero-order valence-electron chi connectivity index (χ0n) is 17.6. The normalized spacial score (nSPS) is 11.4. The van der Waals surface area contributed by atoms with Crippen molar-refractivity contribution >= 4 is 23.4 Å². The van der Waals surface area contributed by atoms with Crippen LogP contribution in [0.4, 0.5) is 24.5 Å². The van der Waals surface area contributed by atoms with Gasteiger partial charge in [-0.1, -0.05) is 29.8 Å². The van der Waals surface area contributed by atoms with Crippen LogP contribution in [0.25, 0.3) is 6.08 Å². The molecule has 0 saturated carbocycles. The van der Waals surface area contributed by atoms with E-state index in [1.807, 2.05) is 25.1 Å². The minimum Gasteiger partial charge on any atom is -0.450 e. The molecule has 34 heavy (non-hydrogen) atoms. The van der Waals surface area contributed by atoms with Crippen LogP contribution in [-0.2, 0) is 11.0 Å². The van der Waals surface area contributed by atoms with Gasteiger partial charge in [-0.25, -0.2) is 0 Å². The summed E-state index contributed by atoms with van der Waals surface area (Å²) < 4.78 is 43.9. The average Bonchev–Trinajstić information content (AvgIpc) is 2.79. The van der Waals surface area contributed by atoms with Crippen molar-refractivity contribution < 1.29 is 27.6 Å². The summed E-state index contributed by atoms with van der Waals surface area (Å²) in [4.78, 5) is 22.6. The molecule has 7 nitrogen and oxygen atoms in total. The van der Waals surface area contributed by atoms with Gasteiger partial charge in [-0.05, 0) is 55.0 Å². The van der Waals surface area contributed by atoms with Crippen molar-refractivity contribution in [3.05, 3.63) is 99.1 Å². The first-order chi connectivity index (χ1) is 16.1. The molecule has 1 N–H and O–H groups in total. The molecule has 3 rings (SSSR count). The van der Waals surface area contributed by atoms with Crippen molar-refractivity contribution in [1.82, 2.24) is 0 Å². The number of ether oxygens (including phenoxy) is 1. The number of hydrogen-bond acceptors (Lipinski definition) is 5. The zero-order valence-corrected chi connectivity index (χ0v) is 17.6. The SMILES string of the molecule is Cc1ccc(NC(=O)/C(C#N)=C\c2ccc(Oc3ccc(C(F)(F)F)cc3[N+](=O)[O-])cc2)cc1. The molecule has 0 atom stereocenters. The van der Waals surface area contributed by atoms with E-state index >= 15 is 0 Å². The van der Waals surface area contributed by atoms with Crippen LogP contribution in [0.2, 0.25) is 0 Å². The van der Waals surface area contributed by atoms with E-state index in [0.29, 0.717) is 23.4 Å². The summed E-state index contributed by atoms with van der Waals surface area (Å²) in [6.45, 7) is 1.90. The van der Waals surface area contributed by atoms with Crippen LogP contribution in [0.5, 0.6) is 11.5 Å². The number of amides is 1. The molecule has 0 aliphatic heterocycles. The van der Waals surface area contributed by atoms with Crippen molar-refractivity contribution in [2.45, 2.75) is 13.1 Å². The van der Waals surface area contributed by atoms with Crippen LogP contribution in [0.3, 0.4) is 0 Å². The second-order valence-electron chi connectivity index (χ2n) is 7.10. The Labute approximate surface area is 191 Å². The molecule has 0 fully saturated rings. The third-order valence-corrected chi connectivity index (χ3v) is 4.58. The van der Waals surface area contributed by atoms with Crippen LogP contribution in [0, 0.1) is 28.4 Å². The number of aryl methyl sites for hydroxylation is 1. The summed E-state index contributed by atoms with van der Waals surface area (Å²) in [5, 5.41) is 23.2. The molecule has 0 saturated heterocycles. The number of rotatable bonds is 6. The van der Waals surface area contributed by atoms with Gasteiger partial charge in [-0.15, -0.1) is 0 Å². The number of benzene rings is 3. The van der Waals surface area contributed by atoms with Crippen LogP contribution in [-0.4, -0.2) is 10.8 Å². The van der Waals surface area contributed by atoms with Crippen LogP contribution >= 0.6 is 0 Å². The standard InChI is InChI=1S/C24H16F3N3O4/c1-15-2-7-19(8-3-15)29-23(31)17(14-28)12-16-4-9-20(10-5-16)34-22-11-6-18(24(25,26)27)13-21(22)30(32)33/h2-13H,1H3,(H,29,31)/b17-12-. The Hall–Kier alpha value is -4.65. The molecule has 0 heterocycles. The predicted octanol–water partition coefficient (Wildman–Crippen LogP) is 6.26. The maximum atomic E-state index is 12.8. The number of carbonyl (C=O) groups is 1. The summed E-state index contributed by atoms with van der Waals surface area (Å²) in [5.41, 5.74) is -0.160. The minimum absolute atomic E-state index is 0.114. The highest BCUT2D eigenvalue weighted by atomic mass is 19.4. The summed E-state index contributed by atoms with van der Waals surface area (Å²) in [5.74, 6) is -0.855. The third-order valence-electron chi connectivity index (χ3n) is 4.58. The smallest absolute Gasteiger partial charge is 0.416 e. The number of nitro groups is 1. The lowest BCUT2D eigenvalue weighted by Crippen LogP contribution is -2.13. The quantitative estimate of drug-likeness (QED) is 0.199. The van der Waals surface area contributed by atoms with Gasteiger partial charge in [0.25, 0.3) is 5.91 Å². The Morgan fingerprint density at radius 1 is 1.09 bits per heavy atom. The van der Waals surface area contributed by atoms with Gasteiger partial charge in [0.05, 0.1) is 10.5 Å². The Morgan fingerprint density at radius 3 is 2.29 bits per heavy atom. The lowest BCUT2D eigenvalue weighted by atomic mass is 10.1. The summed E-state index contributed by atoms with van der Waals surface area (Å²) in [6.07, 6.45) is -3.39. The number of nitrogens with one attached hydrogen (secondary N) is 1. The maximum Gasteiger partial charge on any atom is 0.416 e. The van der Waals surface area contributed by atoms with E-state index in [2.05, 4.69) is 5.32 Å². The van der Waals surface area contributed by atoms with E-state index in [-0.39, 0.29) is 17.1 Å². The molecular weight excluding hydrogens is 451 g/mol. The molecule has 3 aromatic carbocycles. The molecule has 0 bridgehead atoms. The third kappa shape index (κ3) is 5.98. The molecular formula is C24H16F3N3O4. The summed E-state index contributed by atoms with van der Waals surface area (Å²) in [6, 6.07) is 16.6. The first kappa shape index (κ1) is 24.0. The van der Waals surface area contributed by atoms with Crippen LogP contribution in [0.1, 0.15) is 16.7 Å². The average molecular weight is 467 g/mol. The molecule has 0 unspecified atom stereocenters. The fourth-order valence-electron chi connectivity index (χ4n) is 2.83. The first-order valence-corrected chi connectivity index (χ1v) is 9.70. The van der Waals surface area contributed by atoms with E-state index in [9.17, 15) is 33.3 Å². The highest BCUT2D eigenvalue weighted by molar-refractivity contribution is 6.09. The largest absolute Gasteiger partial charge is 0.450 e. The monoisotopic (exact) mass is 467 g/mol. The highest BCUT2D eigenvalue weighted by Crippen LogP contribution is 2.37. The van der Waals surface area contributed by atoms with Gasteiger partial charge in [0, 0.05) is 11.8 Å². The van der Waals surface area contributed by atoms with E-state index in [1.54, 1.807) is 12.1 Å². The van der Waals surface area contributed by atoms with E-state index in [1.165, 1.54) is 30.3 Å². The summed E-state index contributed by atoms with van der Waals surface area (Å²) >= 11 is 0. The van der Waals surface area contributed by atoms with Crippen LogP contribution < -0.4 is 10.1 Å². The van der Waals surface area contributed by atoms with Gasteiger partial charge in [0.1, 0.15) is 17.4 Å². The van der Waals surface area contributed by atoms with Gasteiger partial charge in [0.2, 0.25) is 5.75 Å². The second kappa shape index (κ2) is 9.87. The Balaban J connectivity index is 1.77. The van der Waals surface area contributed by atoms with E-state index < -0.39 is 28.3 Å². The Morgan fingerprint density at radius 2 is 1.74 bits per heavy atom. The lowest BCUT2D eigenvalue weighted by Gasteiger charge is -2.10. The number of nitriles is 1. The van der Waals surface area contributed by atoms with E-state index in [0.717, 1.165) is 11.6 Å². The Bertz CT molecular complexity index is 1290. The van der Waals surface area contributed by atoms with Crippen LogP contribution in [0.15, 0.2) is 72.3 Å². The molecule has 0 radical (unpaired) electrons. The number of anilines is 1. The molecule has 172 valence electrons. The van der Waals surface area contributed by atoms with Crippen molar-refractivity contribution in [3.8, 4) is 17.6 Å². The number of nitro benzene ring substituents is 1. The second-order valence-corrected chi connectivity index (χ2v) is 7.10. The molecule has 10 heteroatoms. The van der Waals surface area contributed by atoms with Gasteiger partial charge < -0.3 is 10.1 Å². The Kier molecular flexibility index (Phi) is 6.97. The van der Waals surface area contributed by atoms with Gasteiger partial charge in [0.15, 0.2) is 0 Å². The maximum absolute atomic E-state index is 12.8. The van der Waals surface area contributed by atoms with Crippen molar-refractivity contribution in [2.24, 2.45) is 0 Å². The molecule has 0 spiro atoms. The molecule has 1 amide bonds. The molecule has 0 aromatic heterocycles. The molecule has 3 aromatic rings. The fourth-order valence-corrected chi connectivity index (χ4v) is 2.83. The number of nitrogens with zero attached hydrogens (tertiary/aromatic N) is 2. The number of alkyl halides is 3. The zero-order chi connectivity index (χ0) is 24.9. The molecule has 0 aliphatic carbocycles. The van der Waals surface area contributed by atoms with Gasteiger partial charge >= 0.3 is 11.9 Å². The van der Waals surface area contributed by atoms with Crippen molar-refractivity contribution in [3.63, 3.8) is 0 Å². The predicted molar refractivity (Wildman–Crippen MR) is 118 cm³/mol. The first-order valence-electron chi connectivity index (χ1n) is 9.70. The van der Waals surface area contributed by atoms with Crippen molar-refractivity contribution in [1.29, 1.82) is 5.26 Å². The lowest BCUT2D eigenvalue weighted by molar-refractivity contribution is -0.385. The fraction of sp³-hybridized carbons (Fsp3) is 0.0833. The number of carbonyl (C=O) groups excluding carboxylic acids is 1. The van der Waals surface area contributed by atoms with Crippen molar-refractivity contribution in [2.75, 3.05) is 5.32 Å². The number of hydrogen-bond donors (Lipinski definition) is 1. The summed E-state index contributed by atoms with van der Waals surface area (Å²) in [7, 11) is 0. The molecule has 0 aliphatic rings. The number of halogens is 3. The topological polar surface area (TPSA) is 105 Å². The van der Waals surface area contributed by atoms with E-state index in [4.69, 9.17) is 4.74 Å². The van der Waals surface area contributed by atoms with Gasteiger partial charge in [-0.3, -0.25) is 14.9 Å². The minimum atomic E-state index is -4.73. The highest BCUT2D eigenvalue weighted by Gasteiger charge is 2.33. The van der Waals surface area contributed by atoms with Gasteiger partial charge in [-0.2, -0.15) is 18.4 Å².